The van der Waals surface area contributed by atoms with Crippen LogP contribution in [0.4, 0.5) is 4.39 Å². The van der Waals surface area contributed by atoms with Gasteiger partial charge in [0.05, 0.1) is 0 Å². The van der Waals surface area contributed by atoms with Crippen LogP contribution in [0.1, 0.15) is 20.8 Å². The van der Waals surface area contributed by atoms with Crippen LogP contribution in [0.15, 0.2) is 29.6 Å². The zero-order chi connectivity index (χ0) is 11.7. The molecule has 0 fully saturated rings. The third-order valence-corrected chi connectivity index (χ3v) is 3.92. The Morgan fingerprint density at radius 1 is 1.38 bits per heavy atom. The summed E-state index contributed by atoms with van der Waals surface area (Å²) in [6.07, 6.45) is 0. The predicted octanol–water partition coefficient (Wildman–Crippen LogP) is 4.03. The number of thiophene rings is 1. The second-order valence-corrected chi connectivity index (χ2v) is 5.68. The number of halogens is 2. The normalized spacial score (nSPS) is 10.4. The smallest absolute Gasteiger partial charge is 0.194 e. The molecule has 2 aromatic rings. The Balaban J connectivity index is 2.41. The van der Waals surface area contributed by atoms with Crippen LogP contribution < -0.4 is 0 Å². The van der Waals surface area contributed by atoms with Crippen LogP contribution in [-0.2, 0) is 0 Å². The highest BCUT2D eigenvalue weighted by molar-refractivity contribution is 14.1. The van der Waals surface area contributed by atoms with Gasteiger partial charge in [0, 0.05) is 25.0 Å². The third-order valence-electron chi connectivity index (χ3n) is 2.17. The minimum Gasteiger partial charge on any atom is -0.289 e. The highest BCUT2D eigenvalue weighted by Crippen LogP contribution is 2.21. The Morgan fingerprint density at radius 2 is 2.12 bits per heavy atom. The molecule has 0 aliphatic heterocycles. The summed E-state index contributed by atoms with van der Waals surface area (Å²) in [4.78, 5) is 13.2. The second kappa shape index (κ2) is 4.63. The van der Waals surface area contributed by atoms with Crippen LogP contribution >= 0.6 is 33.9 Å². The number of hydrogen-bond donors (Lipinski definition) is 0. The first-order valence-electron chi connectivity index (χ1n) is 4.63. The first kappa shape index (κ1) is 11.7. The molecule has 0 bridgehead atoms. The molecule has 1 aromatic carbocycles. The van der Waals surface area contributed by atoms with Gasteiger partial charge in [0.1, 0.15) is 5.82 Å². The lowest BCUT2D eigenvalue weighted by molar-refractivity contribution is 0.103. The summed E-state index contributed by atoms with van der Waals surface area (Å²) in [6, 6.07) is 6.07. The highest BCUT2D eigenvalue weighted by Gasteiger charge is 2.13. The van der Waals surface area contributed by atoms with Gasteiger partial charge in [0.2, 0.25) is 0 Å². The number of carbonyl (C=O) groups is 1. The average molecular weight is 346 g/mol. The topological polar surface area (TPSA) is 17.1 Å². The number of aryl methyl sites for hydroxylation is 1. The Morgan fingerprint density at radius 3 is 2.69 bits per heavy atom. The van der Waals surface area contributed by atoms with Crippen molar-refractivity contribution in [2.75, 3.05) is 0 Å². The molecule has 1 heterocycles. The van der Waals surface area contributed by atoms with Crippen molar-refractivity contribution in [2.45, 2.75) is 6.92 Å². The Bertz CT molecular complexity index is 548. The highest BCUT2D eigenvalue weighted by atomic mass is 127. The maximum atomic E-state index is 12.9. The van der Waals surface area contributed by atoms with Crippen molar-refractivity contribution in [2.24, 2.45) is 0 Å². The summed E-state index contributed by atoms with van der Waals surface area (Å²) in [5, 5.41) is 1.83. The van der Waals surface area contributed by atoms with Crippen molar-refractivity contribution in [3.05, 3.63) is 55.0 Å². The van der Waals surface area contributed by atoms with Crippen LogP contribution in [0.25, 0.3) is 0 Å². The van der Waals surface area contributed by atoms with E-state index in [2.05, 4.69) is 0 Å². The zero-order valence-electron chi connectivity index (χ0n) is 8.46. The van der Waals surface area contributed by atoms with Crippen molar-refractivity contribution in [3.8, 4) is 0 Å². The van der Waals surface area contributed by atoms with E-state index in [1.807, 2.05) is 41.0 Å². The predicted molar refractivity (Wildman–Crippen MR) is 71.6 cm³/mol. The van der Waals surface area contributed by atoms with Crippen molar-refractivity contribution >= 4 is 39.7 Å². The summed E-state index contributed by atoms with van der Waals surface area (Å²) in [5.41, 5.74) is 1.23. The first-order chi connectivity index (χ1) is 7.58. The molecule has 16 heavy (non-hydrogen) atoms. The monoisotopic (exact) mass is 346 g/mol. The SMILES string of the molecule is Cc1cc(C(=O)c2ccc(F)cc2I)cs1. The van der Waals surface area contributed by atoms with Gasteiger partial charge in [-0.15, -0.1) is 11.3 Å². The van der Waals surface area contributed by atoms with Crippen molar-refractivity contribution in [3.63, 3.8) is 0 Å². The minimum atomic E-state index is -0.317. The van der Waals surface area contributed by atoms with Crippen molar-refractivity contribution in [1.82, 2.24) is 0 Å². The Hall–Kier alpha value is -0.750. The summed E-state index contributed by atoms with van der Waals surface area (Å²) < 4.78 is 13.5. The fourth-order valence-corrected chi connectivity index (χ4v) is 2.80. The second-order valence-electron chi connectivity index (χ2n) is 3.40. The number of rotatable bonds is 2. The summed E-state index contributed by atoms with van der Waals surface area (Å²) in [6.45, 7) is 1.96. The lowest BCUT2D eigenvalue weighted by Crippen LogP contribution is -2.02. The number of ketones is 1. The average Bonchev–Trinajstić information content (AvgIpc) is 2.64. The third kappa shape index (κ3) is 2.32. The lowest BCUT2D eigenvalue weighted by Gasteiger charge is -2.01. The standard InChI is InChI=1S/C12H8FIOS/c1-7-4-8(6-16-7)12(15)10-3-2-9(13)5-11(10)14/h2-6H,1H3. The van der Waals surface area contributed by atoms with E-state index in [0.717, 1.165) is 4.88 Å². The van der Waals surface area contributed by atoms with Crippen LogP contribution in [0.2, 0.25) is 0 Å². The summed E-state index contributed by atoms with van der Waals surface area (Å²) in [7, 11) is 0. The van der Waals surface area contributed by atoms with E-state index in [1.54, 1.807) is 0 Å². The molecule has 1 aromatic heterocycles. The van der Waals surface area contributed by atoms with Gasteiger partial charge < -0.3 is 0 Å². The van der Waals surface area contributed by atoms with Gasteiger partial charge in [-0.3, -0.25) is 4.79 Å². The van der Waals surface area contributed by atoms with Gasteiger partial charge in [0.25, 0.3) is 0 Å². The molecule has 0 saturated carbocycles. The zero-order valence-corrected chi connectivity index (χ0v) is 11.4. The largest absolute Gasteiger partial charge is 0.289 e. The quantitative estimate of drug-likeness (QED) is 0.593. The molecule has 4 heteroatoms. The molecule has 0 saturated heterocycles. The van der Waals surface area contributed by atoms with E-state index < -0.39 is 0 Å². The van der Waals surface area contributed by atoms with E-state index in [1.165, 1.54) is 29.5 Å². The van der Waals surface area contributed by atoms with Crippen molar-refractivity contribution in [1.29, 1.82) is 0 Å². The molecule has 0 aliphatic rings. The molecular formula is C12H8FIOS. The fourth-order valence-electron chi connectivity index (χ4n) is 1.39. The number of carbonyl (C=O) groups excluding carboxylic acids is 1. The Kier molecular flexibility index (Phi) is 3.39. The van der Waals surface area contributed by atoms with Crippen LogP contribution in [0.3, 0.4) is 0 Å². The van der Waals surface area contributed by atoms with Gasteiger partial charge in [-0.2, -0.15) is 0 Å². The Labute approximate surface area is 110 Å². The van der Waals surface area contributed by atoms with E-state index in [-0.39, 0.29) is 11.6 Å². The lowest BCUT2D eigenvalue weighted by atomic mass is 10.1. The number of hydrogen-bond acceptors (Lipinski definition) is 2. The van der Waals surface area contributed by atoms with Crippen LogP contribution in [-0.4, -0.2) is 5.78 Å². The fraction of sp³-hybridized carbons (Fsp3) is 0.0833. The maximum Gasteiger partial charge on any atom is 0.194 e. The van der Waals surface area contributed by atoms with Gasteiger partial charge in [0.15, 0.2) is 5.78 Å². The van der Waals surface area contributed by atoms with E-state index in [9.17, 15) is 9.18 Å². The molecule has 82 valence electrons. The van der Waals surface area contributed by atoms with Gasteiger partial charge >= 0.3 is 0 Å². The summed E-state index contributed by atoms with van der Waals surface area (Å²) in [5.74, 6) is -0.365. The minimum absolute atomic E-state index is 0.0475. The van der Waals surface area contributed by atoms with E-state index >= 15 is 0 Å². The molecule has 1 nitrogen and oxygen atoms in total. The molecule has 0 atom stereocenters. The number of benzene rings is 1. The molecule has 0 radical (unpaired) electrons. The van der Waals surface area contributed by atoms with Crippen LogP contribution in [0, 0.1) is 16.3 Å². The first-order valence-corrected chi connectivity index (χ1v) is 6.58. The van der Waals surface area contributed by atoms with Gasteiger partial charge in [-0.1, -0.05) is 0 Å². The molecule has 0 N–H and O–H groups in total. The van der Waals surface area contributed by atoms with Crippen LogP contribution in [0.5, 0.6) is 0 Å². The van der Waals surface area contributed by atoms with Gasteiger partial charge in [-0.25, -0.2) is 4.39 Å². The van der Waals surface area contributed by atoms with Gasteiger partial charge in [-0.05, 0) is 53.8 Å². The molecule has 0 unspecified atom stereocenters. The van der Waals surface area contributed by atoms with E-state index in [0.29, 0.717) is 14.7 Å². The molecular weight excluding hydrogens is 338 g/mol. The molecule has 0 amide bonds. The molecule has 0 spiro atoms. The maximum absolute atomic E-state index is 12.9. The molecule has 0 aliphatic carbocycles. The van der Waals surface area contributed by atoms with Crippen molar-refractivity contribution < 1.29 is 9.18 Å². The molecule has 2 rings (SSSR count). The summed E-state index contributed by atoms with van der Waals surface area (Å²) >= 11 is 3.52. The van der Waals surface area contributed by atoms with E-state index in [4.69, 9.17) is 0 Å².